The Balaban J connectivity index is 1.84. The van der Waals surface area contributed by atoms with Crippen LogP contribution < -0.4 is 11.4 Å². The van der Waals surface area contributed by atoms with E-state index in [2.05, 4.69) is 12.2 Å². The van der Waals surface area contributed by atoms with Gasteiger partial charge in [0.2, 0.25) is 0 Å². The molecular weight excluding hydrogens is 254 g/mol. The van der Waals surface area contributed by atoms with Gasteiger partial charge < -0.3 is 0 Å². The van der Waals surface area contributed by atoms with Crippen molar-refractivity contribution in [2.24, 2.45) is 11.8 Å². The fraction of sp³-hybridized carbons (Fsp3) is 0.333. The molecule has 1 aromatic heterocycles. The Bertz CT molecular complexity index is 806. The van der Waals surface area contributed by atoms with Gasteiger partial charge in [-0.3, -0.25) is 0 Å². The third-order valence-corrected chi connectivity index (χ3v) is 4.86. The molecule has 3 heterocycles. The van der Waals surface area contributed by atoms with E-state index < -0.39 is 0 Å². The predicted octanol–water partition coefficient (Wildman–Crippen LogP) is 1.10. The second-order valence-electron chi connectivity index (χ2n) is 5.85. The third-order valence-electron chi connectivity index (χ3n) is 4.86. The Morgan fingerprint density at radius 1 is 0.850 bits per heavy atom. The van der Waals surface area contributed by atoms with Gasteiger partial charge in [-0.25, -0.2) is 23.5 Å². The molecule has 0 spiro atoms. The normalized spacial score (nSPS) is 32.0. The van der Waals surface area contributed by atoms with Gasteiger partial charge in [-0.15, -0.1) is 0 Å². The maximum absolute atomic E-state index is 12.7. The number of hydrogen-bond acceptors (Lipinski definition) is 2. The van der Waals surface area contributed by atoms with Crippen LogP contribution in [0.25, 0.3) is 5.69 Å². The van der Waals surface area contributed by atoms with Crippen LogP contribution in [0, 0.1) is 11.8 Å². The second-order valence-corrected chi connectivity index (χ2v) is 5.85. The summed E-state index contributed by atoms with van der Waals surface area (Å²) in [6, 6.07) is 9.28. The van der Waals surface area contributed by atoms with Crippen LogP contribution in [0.15, 0.2) is 52.1 Å². The van der Waals surface area contributed by atoms with Crippen LogP contribution in [0.5, 0.6) is 0 Å². The van der Waals surface area contributed by atoms with Gasteiger partial charge in [-0.2, -0.15) is 0 Å². The van der Waals surface area contributed by atoms with E-state index in [1.165, 1.54) is 4.57 Å². The van der Waals surface area contributed by atoms with E-state index >= 15 is 0 Å². The van der Waals surface area contributed by atoms with E-state index in [0.717, 1.165) is 6.42 Å². The molecule has 5 heteroatoms. The number of allylic oxidation sites excluding steroid dienone is 2. The standard InChI is InChI=1S/C15H13N3O2/c19-14-16(9-4-2-1-3-5-9)15(20)18-13-7-6-12(17(14)18)10-8-11(10)13/h1-7,10-13H,8H2/t10-,11-,12-,13+/m0/s1. The maximum Gasteiger partial charge on any atom is 0.352 e. The average Bonchev–Trinajstić information content (AvgIpc) is 3.25. The van der Waals surface area contributed by atoms with Gasteiger partial charge >= 0.3 is 11.4 Å². The lowest BCUT2D eigenvalue weighted by atomic mass is 9.96. The monoisotopic (exact) mass is 267 g/mol. The van der Waals surface area contributed by atoms with Gasteiger partial charge in [0.1, 0.15) is 0 Å². The summed E-state index contributed by atoms with van der Waals surface area (Å²) in [5, 5.41) is 0. The highest BCUT2D eigenvalue weighted by Crippen LogP contribution is 2.58. The SMILES string of the molecule is O=c1n(-c2ccccc2)c(=O)n2n1[C@@H]1C=C[C@H]2[C@H]2C[C@@H]21. The topological polar surface area (TPSA) is 48.9 Å². The average molecular weight is 267 g/mol. The predicted molar refractivity (Wildman–Crippen MR) is 73.1 cm³/mol. The van der Waals surface area contributed by atoms with Crippen molar-refractivity contribution in [3.8, 4) is 5.69 Å². The van der Waals surface area contributed by atoms with E-state index in [4.69, 9.17) is 0 Å². The molecule has 0 saturated heterocycles. The van der Waals surface area contributed by atoms with Crippen LogP contribution in [0.2, 0.25) is 0 Å². The molecule has 1 saturated carbocycles. The van der Waals surface area contributed by atoms with E-state index in [1.54, 1.807) is 21.5 Å². The molecule has 0 radical (unpaired) electrons. The Labute approximate surface area is 114 Å². The third kappa shape index (κ3) is 1.06. The van der Waals surface area contributed by atoms with Gasteiger partial charge in [-0.05, 0) is 30.4 Å². The smallest absolute Gasteiger partial charge is 0.245 e. The van der Waals surface area contributed by atoms with Crippen molar-refractivity contribution in [3.05, 3.63) is 63.5 Å². The van der Waals surface area contributed by atoms with Crippen molar-refractivity contribution in [3.63, 3.8) is 0 Å². The number of rotatable bonds is 1. The highest BCUT2D eigenvalue weighted by molar-refractivity contribution is 5.31. The van der Waals surface area contributed by atoms with Crippen molar-refractivity contribution < 1.29 is 0 Å². The molecule has 2 aliphatic heterocycles. The van der Waals surface area contributed by atoms with E-state index in [1.807, 2.05) is 18.2 Å². The molecule has 2 bridgehead atoms. The van der Waals surface area contributed by atoms with Gasteiger partial charge in [0.15, 0.2) is 0 Å². The minimum absolute atomic E-state index is 0.0650. The molecule has 0 N–H and O–H groups in total. The molecule has 2 aromatic rings. The van der Waals surface area contributed by atoms with Gasteiger partial charge in [0.05, 0.1) is 17.8 Å². The maximum atomic E-state index is 12.7. The molecule has 20 heavy (non-hydrogen) atoms. The molecule has 0 amide bonds. The number of benzene rings is 1. The molecule has 0 unspecified atom stereocenters. The lowest BCUT2D eigenvalue weighted by Crippen LogP contribution is -2.40. The summed E-state index contributed by atoms with van der Waals surface area (Å²) >= 11 is 0. The summed E-state index contributed by atoms with van der Waals surface area (Å²) in [6.45, 7) is 0. The van der Waals surface area contributed by atoms with E-state index in [9.17, 15) is 9.59 Å². The summed E-state index contributed by atoms with van der Waals surface area (Å²) in [5.41, 5.74) is 0.210. The lowest BCUT2D eigenvalue weighted by molar-refractivity contribution is 0.243. The summed E-state index contributed by atoms with van der Waals surface area (Å²) < 4.78 is 4.61. The first-order valence-corrected chi connectivity index (χ1v) is 6.97. The Hall–Kier alpha value is -2.30. The fourth-order valence-corrected chi connectivity index (χ4v) is 3.87. The first-order valence-electron chi connectivity index (χ1n) is 6.97. The Kier molecular flexibility index (Phi) is 1.69. The summed E-state index contributed by atoms with van der Waals surface area (Å²) in [5.74, 6) is 1.10. The molecule has 4 aliphatic rings. The largest absolute Gasteiger partial charge is 0.352 e. The van der Waals surface area contributed by atoms with Crippen molar-refractivity contribution >= 4 is 0 Å². The van der Waals surface area contributed by atoms with Crippen molar-refractivity contribution in [1.29, 1.82) is 0 Å². The van der Waals surface area contributed by atoms with Crippen molar-refractivity contribution in [2.45, 2.75) is 18.5 Å². The first-order chi connectivity index (χ1) is 9.77. The van der Waals surface area contributed by atoms with Crippen LogP contribution in [-0.2, 0) is 0 Å². The minimum atomic E-state index is -0.217. The highest BCUT2D eigenvalue weighted by atomic mass is 16.2. The number of para-hydroxylation sites is 1. The van der Waals surface area contributed by atoms with Crippen molar-refractivity contribution in [1.82, 2.24) is 13.9 Å². The van der Waals surface area contributed by atoms with Gasteiger partial charge in [0.25, 0.3) is 0 Å². The lowest BCUT2D eigenvalue weighted by Gasteiger charge is -2.32. The van der Waals surface area contributed by atoms with Crippen LogP contribution >= 0.6 is 0 Å². The second kappa shape index (κ2) is 3.23. The highest BCUT2D eigenvalue weighted by Gasteiger charge is 2.56. The molecule has 1 fully saturated rings. The zero-order valence-corrected chi connectivity index (χ0v) is 10.7. The quantitative estimate of drug-likeness (QED) is 0.727. The Morgan fingerprint density at radius 3 is 1.95 bits per heavy atom. The van der Waals surface area contributed by atoms with Gasteiger partial charge in [-0.1, -0.05) is 30.4 Å². The zero-order chi connectivity index (χ0) is 13.4. The number of hydrogen-bond donors (Lipinski definition) is 0. The molecule has 100 valence electrons. The van der Waals surface area contributed by atoms with Crippen molar-refractivity contribution in [2.75, 3.05) is 0 Å². The molecule has 1 aromatic carbocycles. The molecular formula is C15H13N3O2. The summed E-state index contributed by atoms with van der Waals surface area (Å²) in [7, 11) is 0. The van der Waals surface area contributed by atoms with Crippen LogP contribution in [-0.4, -0.2) is 13.9 Å². The fourth-order valence-electron chi connectivity index (χ4n) is 3.87. The summed E-state index contributed by atoms with van der Waals surface area (Å²) in [4.78, 5) is 25.3. The van der Waals surface area contributed by atoms with E-state index in [0.29, 0.717) is 17.5 Å². The molecule has 4 atom stereocenters. The summed E-state index contributed by atoms with van der Waals surface area (Å²) in [6.07, 6.45) is 5.31. The minimum Gasteiger partial charge on any atom is -0.245 e. The van der Waals surface area contributed by atoms with Gasteiger partial charge in [0, 0.05) is 0 Å². The molecule has 6 rings (SSSR count). The molecule has 5 nitrogen and oxygen atoms in total. The Morgan fingerprint density at radius 2 is 1.40 bits per heavy atom. The molecule has 2 aliphatic carbocycles. The van der Waals surface area contributed by atoms with Crippen LogP contribution in [0.1, 0.15) is 18.5 Å². The number of aromatic nitrogens is 3. The van der Waals surface area contributed by atoms with E-state index in [-0.39, 0.29) is 23.5 Å². The number of nitrogens with zero attached hydrogens (tertiary/aromatic N) is 3. The first kappa shape index (κ1) is 10.5. The van der Waals surface area contributed by atoms with Crippen LogP contribution in [0.3, 0.4) is 0 Å². The van der Waals surface area contributed by atoms with Crippen LogP contribution in [0.4, 0.5) is 0 Å². The zero-order valence-electron chi connectivity index (χ0n) is 10.7.